The normalized spacial score (nSPS) is 16.2. The highest BCUT2D eigenvalue weighted by Gasteiger charge is 2.24. The molecule has 2 aromatic carbocycles. The standard InChI is InChI=1S/C22H29N3O4/c1-24(2)19(16-9-11-17(27-4)12-10-16)13-23-22(26)25(3)14-18-15-28-20-7-5-6-8-21(20)29-18/h5-12,18-19H,13-15H2,1-4H3,(H,23,26). The second kappa shape index (κ2) is 9.52. The summed E-state index contributed by atoms with van der Waals surface area (Å²) in [5, 5.41) is 3.02. The highest BCUT2D eigenvalue weighted by atomic mass is 16.6. The Morgan fingerprint density at radius 1 is 1.14 bits per heavy atom. The van der Waals surface area contributed by atoms with Gasteiger partial charge in [0.2, 0.25) is 0 Å². The van der Waals surface area contributed by atoms with Crippen LogP contribution in [-0.2, 0) is 0 Å². The molecular weight excluding hydrogens is 370 g/mol. The molecule has 2 unspecified atom stereocenters. The maximum Gasteiger partial charge on any atom is 0.317 e. The van der Waals surface area contributed by atoms with Gasteiger partial charge >= 0.3 is 6.03 Å². The van der Waals surface area contributed by atoms with Crippen LogP contribution in [0.3, 0.4) is 0 Å². The van der Waals surface area contributed by atoms with Crippen molar-refractivity contribution in [3.63, 3.8) is 0 Å². The van der Waals surface area contributed by atoms with Crippen molar-refractivity contribution in [1.82, 2.24) is 15.1 Å². The number of fused-ring (bicyclic) bond motifs is 1. The number of amides is 2. The van der Waals surface area contributed by atoms with Gasteiger partial charge in [-0.15, -0.1) is 0 Å². The summed E-state index contributed by atoms with van der Waals surface area (Å²) in [6, 6.07) is 15.4. The first-order valence-corrected chi connectivity index (χ1v) is 9.65. The topological polar surface area (TPSA) is 63.3 Å². The van der Waals surface area contributed by atoms with Crippen LogP contribution in [0.25, 0.3) is 0 Å². The number of methoxy groups -OCH3 is 1. The van der Waals surface area contributed by atoms with Gasteiger partial charge in [-0.3, -0.25) is 0 Å². The summed E-state index contributed by atoms with van der Waals surface area (Å²) < 4.78 is 16.9. The molecule has 7 nitrogen and oxygen atoms in total. The first kappa shape index (κ1) is 20.8. The van der Waals surface area contributed by atoms with Crippen LogP contribution >= 0.6 is 0 Å². The minimum Gasteiger partial charge on any atom is -0.497 e. The summed E-state index contributed by atoms with van der Waals surface area (Å²) in [5.74, 6) is 2.26. The van der Waals surface area contributed by atoms with Gasteiger partial charge in [0.25, 0.3) is 0 Å². The molecule has 2 amide bonds. The number of nitrogens with zero attached hydrogens (tertiary/aromatic N) is 2. The van der Waals surface area contributed by atoms with Crippen molar-refractivity contribution in [3.05, 3.63) is 54.1 Å². The number of hydrogen-bond donors (Lipinski definition) is 1. The van der Waals surface area contributed by atoms with E-state index < -0.39 is 0 Å². The van der Waals surface area contributed by atoms with E-state index in [2.05, 4.69) is 10.2 Å². The van der Waals surface area contributed by atoms with Crippen LogP contribution in [0.4, 0.5) is 4.79 Å². The van der Waals surface area contributed by atoms with Gasteiger partial charge in [0.05, 0.1) is 19.7 Å². The third-order valence-electron chi connectivity index (χ3n) is 4.96. The molecule has 0 fully saturated rings. The van der Waals surface area contributed by atoms with Gasteiger partial charge in [-0.05, 0) is 43.9 Å². The summed E-state index contributed by atoms with van der Waals surface area (Å²) in [7, 11) is 7.40. The van der Waals surface area contributed by atoms with Crippen LogP contribution in [0.1, 0.15) is 11.6 Å². The Morgan fingerprint density at radius 2 is 1.83 bits per heavy atom. The summed E-state index contributed by atoms with van der Waals surface area (Å²) in [6.07, 6.45) is -0.202. The lowest BCUT2D eigenvalue weighted by Gasteiger charge is -2.30. The molecule has 1 heterocycles. The summed E-state index contributed by atoms with van der Waals surface area (Å²) >= 11 is 0. The molecule has 0 aromatic heterocycles. The fourth-order valence-corrected chi connectivity index (χ4v) is 3.28. The van der Waals surface area contributed by atoms with E-state index in [9.17, 15) is 4.79 Å². The Bertz CT molecular complexity index is 810. The lowest BCUT2D eigenvalue weighted by Crippen LogP contribution is -2.47. The first-order valence-electron chi connectivity index (χ1n) is 9.65. The molecule has 2 aromatic rings. The number of nitrogens with one attached hydrogen (secondary N) is 1. The van der Waals surface area contributed by atoms with Crippen molar-refractivity contribution in [2.24, 2.45) is 0 Å². The molecule has 1 N–H and O–H groups in total. The molecular formula is C22H29N3O4. The van der Waals surface area contributed by atoms with Crippen LogP contribution < -0.4 is 19.5 Å². The zero-order chi connectivity index (χ0) is 20.8. The SMILES string of the molecule is COc1ccc(C(CNC(=O)N(C)CC2COc3ccccc3O2)N(C)C)cc1. The summed E-state index contributed by atoms with van der Waals surface area (Å²) in [4.78, 5) is 16.3. The minimum atomic E-state index is -0.202. The molecule has 0 saturated carbocycles. The molecule has 156 valence electrons. The number of carbonyl (C=O) groups is 1. The quantitative estimate of drug-likeness (QED) is 0.776. The summed E-state index contributed by atoms with van der Waals surface area (Å²) in [5.41, 5.74) is 1.11. The van der Waals surface area contributed by atoms with Crippen molar-refractivity contribution >= 4 is 6.03 Å². The number of carbonyl (C=O) groups excluding carboxylic acids is 1. The molecule has 0 bridgehead atoms. The van der Waals surface area contributed by atoms with Gasteiger partial charge < -0.3 is 29.3 Å². The molecule has 0 spiro atoms. The van der Waals surface area contributed by atoms with Gasteiger partial charge in [0.1, 0.15) is 12.4 Å². The predicted molar refractivity (Wildman–Crippen MR) is 112 cm³/mol. The van der Waals surface area contributed by atoms with E-state index in [0.717, 1.165) is 17.1 Å². The number of rotatable bonds is 7. The van der Waals surface area contributed by atoms with E-state index in [4.69, 9.17) is 14.2 Å². The van der Waals surface area contributed by atoms with Gasteiger partial charge in [-0.25, -0.2) is 4.79 Å². The zero-order valence-corrected chi connectivity index (χ0v) is 17.4. The molecule has 3 rings (SSSR count). The van der Waals surface area contributed by atoms with E-state index in [1.807, 2.05) is 62.6 Å². The average molecular weight is 399 g/mol. The summed E-state index contributed by atoms with van der Waals surface area (Å²) in [6.45, 7) is 1.35. The molecule has 0 saturated heterocycles. The van der Waals surface area contributed by atoms with Gasteiger partial charge in [-0.1, -0.05) is 24.3 Å². The number of para-hydroxylation sites is 2. The lowest BCUT2D eigenvalue weighted by molar-refractivity contribution is 0.0713. The maximum atomic E-state index is 12.6. The fraction of sp³-hybridized carbons (Fsp3) is 0.409. The second-order valence-corrected chi connectivity index (χ2v) is 7.32. The molecule has 7 heteroatoms. The van der Waals surface area contributed by atoms with E-state index in [1.165, 1.54) is 0 Å². The van der Waals surface area contributed by atoms with Crippen molar-refractivity contribution in [2.75, 3.05) is 47.9 Å². The number of hydrogen-bond acceptors (Lipinski definition) is 5. The van der Waals surface area contributed by atoms with Crippen LogP contribution in [-0.4, -0.2) is 69.9 Å². The van der Waals surface area contributed by atoms with Crippen LogP contribution in [0, 0.1) is 0 Å². The van der Waals surface area contributed by atoms with Crippen molar-refractivity contribution < 1.29 is 19.0 Å². The van der Waals surface area contributed by atoms with Crippen molar-refractivity contribution in [3.8, 4) is 17.2 Å². The Kier molecular flexibility index (Phi) is 6.82. The van der Waals surface area contributed by atoms with E-state index in [-0.39, 0.29) is 18.2 Å². The second-order valence-electron chi connectivity index (χ2n) is 7.32. The number of benzene rings is 2. The number of ether oxygens (including phenoxy) is 3. The molecule has 2 atom stereocenters. The van der Waals surface area contributed by atoms with Crippen LogP contribution in [0.2, 0.25) is 0 Å². The van der Waals surface area contributed by atoms with Crippen LogP contribution in [0.15, 0.2) is 48.5 Å². The molecule has 0 radical (unpaired) electrons. The Labute approximate surface area is 172 Å². The molecule has 0 aliphatic carbocycles. The zero-order valence-electron chi connectivity index (χ0n) is 17.4. The van der Waals surface area contributed by atoms with Gasteiger partial charge in [0.15, 0.2) is 17.6 Å². The minimum absolute atomic E-state index is 0.0550. The number of likely N-dealkylation sites (N-methyl/N-ethyl adjacent to an activating group) is 2. The third kappa shape index (κ3) is 5.32. The van der Waals surface area contributed by atoms with E-state index >= 15 is 0 Å². The lowest BCUT2D eigenvalue weighted by atomic mass is 10.1. The Hall–Kier alpha value is -2.93. The van der Waals surface area contributed by atoms with Crippen LogP contribution in [0.5, 0.6) is 17.2 Å². The molecule has 1 aliphatic heterocycles. The van der Waals surface area contributed by atoms with Gasteiger partial charge in [-0.2, -0.15) is 0 Å². The smallest absolute Gasteiger partial charge is 0.317 e. The van der Waals surface area contributed by atoms with Gasteiger partial charge in [0, 0.05) is 13.6 Å². The predicted octanol–water partition coefficient (Wildman–Crippen LogP) is 2.78. The number of urea groups is 1. The highest BCUT2D eigenvalue weighted by Crippen LogP contribution is 2.31. The Balaban J connectivity index is 1.53. The van der Waals surface area contributed by atoms with E-state index in [0.29, 0.717) is 25.4 Å². The maximum absolute atomic E-state index is 12.6. The largest absolute Gasteiger partial charge is 0.497 e. The molecule has 29 heavy (non-hydrogen) atoms. The average Bonchev–Trinajstić information content (AvgIpc) is 2.73. The Morgan fingerprint density at radius 3 is 2.48 bits per heavy atom. The van der Waals surface area contributed by atoms with Crippen molar-refractivity contribution in [2.45, 2.75) is 12.1 Å². The monoisotopic (exact) mass is 399 g/mol. The van der Waals surface area contributed by atoms with Crippen molar-refractivity contribution in [1.29, 1.82) is 0 Å². The fourth-order valence-electron chi connectivity index (χ4n) is 3.28. The van der Waals surface area contributed by atoms with E-state index in [1.54, 1.807) is 19.1 Å². The third-order valence-corrected chi connectivity index (χ3v) is 4.96. The highest BCUT2D eigenvalue weighted by molar-refractivity contribution is 5.74. The first-order chi connectivity index (χ1) is 14.0. The molecule has 1 aliphatic rings.